The maximum Gasteiger partial charge on any atom is 0.263 e. The lowest BCUT2D eigenvalue weighted by atomic mass is 10.1. The Bertz CT molecular complexity index is 929. The third kappa shape index (κ3) is 3.38. The quantitative estimate of drug-likeness (QED) is 0.790. The zero-order valence-electron chi connectivity index (χ0n) is 12.8. The van der Waals surface area contributed by atoms with Gasteiger partial charge in [0.2, 0.25) is 0 Å². The SMILES string of the molecule is Cn1cccc(C(=O)NCc2cc(-c3ccc(Cl)cc3)on2)c1=O. The van der Waals surface area contributed by atoms with Gasteiger partial charge in [-0.1, -0.05) is 16.8 Å². The summed E-state index contributed by atoms with van der Waals surface area (Å²) in [7, 11) is 1.59. The number of hydrogen-bond donors (Lipinski definition) is 1. The standard InChI is InChI=1S/C17H14ClN3O3/c1-21-8-2-3-14(17(21)23)16(22)19-10-13-9-15(24-20-13)11-4-6-12(18)7-5-11/h2-9H,10H2,1H3,(H,19,22). The Morgan fingerprint density at radius 1 is 1.29 bits per heavy atom. The molecule has 2 heterocycles. The van der Waals surface area contributed by atoms with Crippen LogP contribution in [0.2, 0.25) is 5.02 Å². The molecule has 0 aliphatic rings. The summed E-state index contributed by atoms with van der Waals surface area (Å²) in [6.45, 7) is 0.161. The number of amides is 1. The van der Waals surface area contributed by atoms with Crippen LogP contribution in [-0.4, -0.2) is 15.6 Å². The number of hydrogen-bond acceptors (Lipinski definition) is 4. The minimum absolute atomic E-state index is 0.0846. The van der Waals surface area contributed by atoms with E-state index in [1.807, 2.05) is 12.1 Å². The first-order valence-corrected chi connectivity index (χ1v) is 7.58. The van der Waals surface area contributed by atoms with Crippen molar-refractivity contribution in [2.45, 2.75) is 6.54 Å². The number of nitrogens with zero attached hydrogens (tertiary/aromatic N) is 2. The van der Waals surface area contributed by atoms with Gasteiger partial charge in [0, 0.05) is 29.9 Å². The van der Waals surface area contributed by atoms with Crippen molar-refractivity contribution < 1.29 is 9.32 Å². The maximum atomic E-state index is 12.1. The fraction of sp³-hybridized carbons (Fsp3) is 0.118. The second-order valence-corrected chi connectivity index (χ2v) is 5.65. The maximum absolute atomic E-state index is 12.1. The first-order chi connectivity index (χ1) is 11.5. The van der Waals surface area contributed by atoms with Gasteiger partial charge in [-0.25, -0.2) is 0 Å². The van der Waals surface area contributed by atoms with Crippen LogP contribution in [-0.2, 0) is 13.6 Å². The Morgan fingerprint density at radius 3 is 2.79 bits per heavy atom. The molecule has 1 aromatic carbocycles. The number of rotatable bonds is 4. The van der Waals surface area contributed by atoms with Gasteiger partial charge in [0.15, 0.2) is 5.76 Å². The van der Waals surface area contributed by atoms with Crippen LogP contribution in [0.25, 0.3) is 11.3 Å². The Balaban J connectivity index is 1.69. The van der Waals surface area contributed by atoms with Gasteiger partial charge in [-0.3, -0.25) is 9.59 Å². The van der Waals surface area contributed by atoms with Gasteiger partial charge in [0.05, 0.1) is 6.54 Å². The Hall–Kier alpha value is -2.86. The fourth-order valence-electron chi connectivity index (χ4n) is 2.18. The average molecular weight is 344 g/mol. The number of nitrogens with one attached hydrogen (secondary N) is 1. The van der Waals surface area contributed by atoms with Gasteiger partial charge < -0.3 is 14.4 Å². The first-order valence-electron chi connectivity index (χ1n) is 7.20. The van der Waals surface area contributed by atoms with Crippen LogP contribution in [0, 0.1) is 0 Å². The molecule has 1 N–H and O–H groups in total. The van der Waals surface area contributed by atoms with E-state index >= 15 is 0 Å². The molecule has 0 aliphatic carbocycles. The Kier molecular flexibility index (Phi) is 4.48. The summed E-state index contributed by atoms with van der Waals surface area (Å²) in [5.41, 5.74) is 1.13. The first kappa shape index (κ1) is 16.0. The zero-order chi connectivity index (χ0) is 17.1. The van der Waals surface area contributed by atoms with Gasteiger partial charge in [0.1, 0.15) is 11.3 Å². The summed E-state index contributed by atoms with van der Waals surface area (Å²) in [4.78, 5) is 24.0. The molecular weight excluding hydrogens is 330 g/mol. The smallest absolute Gasteiger partial charge is 0.263 e. The van der Waals surface area contributed by atoms with Crippen molar-refractivity contribution >= 4 is 17.5 Å². The van der Waals surface area contributed by atoms with Crippen LogP contribution in [0.15, 0.2) is 58.0 Å². The molecule has 0 spiro atoms. The summed E-state index contributed by atoms with van der Waals surface area (Å²) in [5, 5.41) is 7.21. The van der Waals surface area contributed by atoms with Gasteiger partial charge in [-0.05, 0) is 36.4 Å². The molecular formula is C17H14ClN3O3. The second kappa shape index (κ2) is 6.72. The summed E-state index contributed by atoms with van der Waals surface area (Å²) < 4.78 is 6.61. The summed E-state index contributed by atoms with van der Waals surface area (Å²) in [6, 6.07) is 12.0. The fourth-order valence-corrected chi connectivity index (χ4v) is 2.31. The molecule has 24 heavy (non-hydrogen) atoms. The van der Waals surface area contributed by atoms with E-state index in [9.17, 15) is 9.59 Å². The number of carbonyl (C=O) groups excluding carboxylic acids is 1. The summed E-state index contributed by atoms with van der Waals surface area (Å²) >= 11 is 5.85. The molecule has 2 aromatic heterocycles. The molecule has 0 saturated carbocycles. The number of benzene rings is 1. The number of aromatic nitrogens is 2. The van der Waals surface area contributed by atoms with E-state index in [1.165, 1.54) is 10.6 Å². The van der Waals surface area contributed by atoms with Gasteiger partial charge in [0.25, 0.3) is 11.5 Å². The highest BCUT2D eigenvalue weighted by atomic mass is 35.5. The molecule has 3 rings (SSSR count). The highest BCUT2D eigenvalue weighted by Gasteiger charge is 2.12. The van der Waals surface area contributed by atoms with Crippen molar-refractivity contribution in [3.8, 4) is 11.3 Å². The topological polar surface area (TPSA) is 77.1 Å². The van der Waals surface area contributed by atoms with E-state index in [1.54, 1.807) is 37.5 Å². The molecule has 0 fully saturated rings. The van der Waals surface area contributed by atoms with E-state index in [2.05, 4.69) is 10.5 Å². The minimum Gasteiger partial charge on any atom is -0.356 e. The zero-order valence-corrected chi connectivity index (χ0v) is 13.6. The molecule has 122 valence electrons. The van der Waals surface area contributed by atoms with E-state index in [0.29, 0.717) is 16.5 Å². The molecule has 1 amide bonds. The van der Waals surface area contributed by atoms with Crippen LogP contribution in [0.1, 0.15) is 16.1 Å². The summed E-state index contributed by atoms with van der Waals surface area (Å²) in [6.07, 6.45) is 1.59. The van der Waals surface area contributed by atoms with Crippen molar-refractivity contribution in [1.29, 1.82) is 0 Å². The highest BCUT2D eigenvalue weighted by Crippen LogP contribution is 2.22. The second-order valence-electron chi connectivity index (χ2n) is 5.21. The van der Waals surface area contributed by atoms with E-state index in [-0.39, 0.29) is 17.7 Å². The molecule has 3 aromatic rings. The number of carbonyl (C=O) groups is 1. The van der Waals surface area contributed by atoms with Crippen molar-refractivity contribution in [2.24, 2.45) is 7.05 Å². The third-order valence-corrected chi connectivity index (χ3v) is 3.74. The van der Waals surface area contributed by atoms with Crippen LogP contribution in [0.5, 0.6) is 0 Å². The van der Waals surface area contributed by atoms with Gasteiger partial charge in [-0.2, -0.15) is 0 Å². The molecule has 0 aliphatic heterocycles. The molecule has 0 bridgehead atoms. The molecule has 0 saturated heterocycles. The van der Waals surface area contributed by atoms with Crippen molar-refractivity contribution in [2.75, 3.05) is 0 Å². The van der Waals surface area contributed by atoms with E-state index in [4.69, 9.17) is 16.1 Å². The number of pyridine rings is 1. The third-order valence-electron chi connectivity index (χ3n) is 3.49. The normalized spacial score (nSPS) is 10.6. The Labute approximate surface area is 142 Å². The summed E-state index contributed by atoms with van der Waals surface area (Å²) in [5.74, 6) is 0.124. The van der Waals surface area contributed by atoms with Gasteiger partial charge in [-0.15, -0.1) is 0 Å². The van der Waals surface area contributed by atoms with Gasteiger partial charge >= 0.3 is 0 Å². The molecule has 7 heteroatoms. The number of aryl methyl sites for hydroxylation is 1. The lowest BCUT2D eigenvalue weighted by Crippen LogP contribution is -2.31. The largest absolute Gasteiger partial charge is 0.356 e. The van der Waals surface area contributed by atoms with Crippen LogP contribution in [0.4, 0.5) is 0 Å². The van der Waals surface area contributed by atoms with Crippen LogP contribution in [0.3, 0.4) is 0 Å². The lowest BCUT2D eigenvalue weighted by Gasteiger charge is -2.03. The molecule has 0 radical (unpaired) electrons. The van der Waals surface area contributed by atoms with Crippen LogP contribution >= 0.6 is 11.6 Å². The van der Waals surface area contributed by atoms with E-state index < -0.39 is 5.91 Å². The monoisotopic (exact) mass is 343 g/mol. The highest BCUT2D eigenvalue weighted by molar-refractivity contribution is 6.30. The average Bonchev–Trinajstić information content (AvgIpc) is 3.05. The van der Waals surface area contributed by atoms with Crippen molar-refractivity contribution in [1.82, 2.24) is 15.0 Å². The van der Waals surface area contributed by atoms with E-state index in [0.717, 1.165) is 5.56 Å². The predicted octanol–water partition coefficient (Wildman–Crippen LogP) is 2.62. The van der Waals surface area contributed by atoms with Crippen molar-refractivity contribution in [3.05, 3.63) is 75.3 Å². The van der Waals surface area contributed by atoms with Crippen molar-refractivity contribution in [3.63, 3.8) is 0 Å². The minimum atomic E-state index is -0.452. The lowest BCUT2D eigenvalue weighted by molar-refractivity contribution is 0.0948. The predicted molar refractivity (Wildman–Crippen MR) is 89.8 cm³/mol. The molecule has 0 atom stereocenters. The van der Waals surface area contributed by atoms with Crippen LogP contribution < -0.4 is 10.9 Å². The Morgan fingerprint density at radius 2 is 2.04 bits per heavy atom. The molecule has 0 unspecified atom stereocenters. The number of halogens is 1. The molecule has 6 nitrogen and oxygen atoms in total.